The van der Waals surface area contributed by atoms with Crippen molar-refractivity contribution in [3.05, 3.63) is 60.3 Å². The van der Waals surface area contributed by atoms with Gasteiger partial charge in [-0.05, 0) is 47.5 Å². The van der Waals surface area contributed by atoms with E-state index in [2.05, 4.69) is 4.98 Å². The Kier molecular flexibility index (Phi) is 3.28. The van der Waals surface area contributed by atoms with Gasteiger partial charge in [0.2, 0.25) is 0 Å². The van der Waals surface area contributed by atoms with Crippen molar-refractivity contribution < 1.29 is 9.53 Å². The van der Waals surface area contributed by atoms with Crippen LogP contribution in [0.3, 0.4) is 0 Å². The second-order valence-electron chi connectivity index (χ2n) is 4.71. The highest BCUT2D eigenvalue weighted by molar-refractivity contribution is 5.98. The predicted molar refractivity (Wildman–Crippen MR) is 82.9 cm³/mol. The zero-order valence-corrected chi connectivity index (χ0v) is 11.5. The van der Waals surface area contributed by atoms with Gasteiger partial charge >= 0.3 is 5.97 Å². The summed E-state index contributed by atoms with van der Waals surface area (Å²) < 4.78 is 4.76. The molecule has 0 unspecified atom stereocenters. The van der Waals surface area contributed by atoms with Crippen molar-refractivity contribution in [3.63, 3.8) is 0 Å². The number of pyridine rings is 1. The van der Waals surface area contributed by atoms with E-state index in [0.717, 1.165) is 22.0 Å². The summed E-state index contributed by atoms with van der Waals surface area (Å²) in [5.74, 6) is -0.352. The van der Waals surface area contributed by atoms with Crippen LogP contribution in [0.4, 0.5) is 5.69 Å². The van der Waals surface area contributed by atoms with Gasteiger partial charge in [0.15, 0.2) is 0 Å². The number of rotatable bonds is 2. The number of ether oxygens (including phenoxy) is 1. The van der Waals surface area contributed by atoms with Crippen molar-refractivity contribution in [1.29, 1.82) is 0 Å². The lowest BCUT2D eigenvalue weighted by Gasteiger charge is -2.08. The van der Waals surface area contributed by atoms with Crippen LogP contribution in [0.5, 0.6) is 0 Å². The molecule has 104 valence electrons. The molecule has 1 aromatic heterocycles. The van der Waals surface area contributed by atoms with Crippen LogP contribution in [0.2, 0.25) is 0 Å². The van der Waals surface area contributed by atoms with Crippen molar-refractivity contribution in [2.24, 2.45) is 0 Å². The molecule has 0 aliphatic heterocycles. The van der Waals surface area contributed by atoms with Crippen molar-refractivity contribution in [1.82, 2.24) is 4.98 Å². The van der Waals surface area contributed by atoms with E-state index in [1.165, 1.54) is 7.11 Å². The first kappa shape index (κ1) is 13.1. The lowest BCUT2D eigenvalue weighted by atomic mass is 9.99. The van der Waals surface area contributed by atoms with Crippen LogP contribution in [0.25, 0.3) is 22.0 Å². The van der Waals surface area contributed by atoms with Gasteiger partial charge < -0.3 is 10.5 Å². The van der Waals surface area contributed by atoms with Gasteiger partial charge in [-0.2, -0.15) is 0 Å². The van der Waals surface area contributed by atoms with Crippen molar-refractivity contribution in [2.45, 2.75) is 0 Å². The van der Waals surface area contributed by atoms with Gasteiger partial charge in [-0.3, -0.25) is 4.98 Å². The minimum atomic E-state index is -0.352. The summed E-state index contributed by atoms with van der Waals surface area (Å²) in [4.78, 5) is 16.0. The number of carbonyl (C=O) groups is 1. The third-order valence-corrected chi connectivity index (χ3v) is 3.36. The lowest BCUT2D eigenvalue weighted by molar-refractivity contribution is 0.0601. The molecule has 21 heavy (non-hydrogen) atoms. The fraction of sp³-hybridized carbons (Fsp3) is 0.0588. The number of fused-ring (bicyclic) bond motifs is 1. The van der Waals surface area contributed by atoms with E-state index in [-0.39, 0.29) is 5.97 Å². The summed E-state index contributed by atoms with van der Waals surface area (Å²) in [5.41, 5.74) is 9.84. The van der Waals surface area contributed by atoms with E-state index in [1.807, 2.05) is 42.5 Å². The zero-order valence-electron chi connectivity index (χ0n) is 11.5. The van der Waals surface area contributed by atoms with Gasteiger partial charge in [0.1, 0.15) is 0 Å². The molecular formula is C17H14N2O2. The average molecular weight is 278 g/mol. The van der Waals surface area contributed by atoms with Crippen LogP contribution in [0.1, 0.15) is 10.4 Å². The number of nitrogen functional groups attached to an aromatic ring is 1. The molecule has 0 aliphatic carbocycles. The van der Waals surface area contributed by atoms with E-state index < -0.39 is 0 Å². The Labute approximate surface area is 122 Å². The van der Waals surface area contributed by atoms with Crippen LogP contribution in [0.15, 0.2) is 54.7 Å². The van der Waals surface area contributed by atoms with Crippen LogP contribution in [-0.2, 0) is 4.74 Å². The molecule has 3 aromatic rings. The second kappa shape index (κ2) is 5.25. The highest BCUT2D eigenvalue weighted by Gasteiger charge is 2.09. The normalized spacial score (nSPS) is 10.5. The van der Waals surface area contributed by atoms with E-state index in [1.54, 1.807) is 12.3 Å². The molecule has 0 atom stereocenters. The molecule has 0 saturated carbocycles. The minimum Gasteiger partial charge on any atom is -0.465 e. The number of anilines is 1. The number of nitrogens with zero attached hydrogens (tertiary/aromatic N) is 1. The summed E-state index contributed by atoms with van der Waals surface area (Å²) in [6.07, 6.45) is 1.75. The maximum absolute atomic E-state index is 11.7. The number of methoxy groups -OCH3 is 1. The molecular weight excluding hydrogens is 264 g/mol. The Balaban J connectivity index is 2.21. The highest BCUT2D eigenvalue weighted by Crippen LogP contribution is 2.29. The molecule has 0 radical (unpaired) electrons. The third kappa shape index (κ3) is 2.43. The maximum atomic E-state index is 11.7. The van der Waals surface area contributed by atoms with E-state index >= 15 is 0 Å². The number of nitrogens with two attached hydrogens (primary N) is 1. The first-order valence-corrected chi connectivity index (χ1v) is 6.52. The molecule has 4 nitrogen and oxygen atoms in total. The molecule has 3 rings (SSSR count). The minimum absolute atomic E-state index is 0.352. The Morgan fingerprint density at radius 3 is 2.81 bits per heavy atom. The van der Waals surface area contributed by atoms with Gasteiger partial charge in [0, 0.05) is 17.3 Å². The maximum Gasteiger partial charge on any atom is 0.337 e. The largest absolute Gasteiger partial charge is 0.465 e. The summed E-state index contributed by atoms with van der Waals surface area (Å²) in [5, 5.41) is 0.958. The second-order valence-corrected chi connectivity index (χ2v) is 4.71. The smallest absolute Gasteiger partial charge is 0.337 e. The molecule has 0 spiro atoms. The van der Waals surface area contributed by atoms with Crippen LogP contribution in [-0.4, -0.2) is 18.1 Å². The predicted octanol–water partition coefficient (Wildman–Crippen LogP) is 3.27. The highest BCUT2D eigenvalue weighted by atomic mass is 16.5. The quantitative estimate of drug-likeness (QED) is 0.577. The van der Waals surface area contributed by atoms with E-state index in [0.29, 0.717) is 11.3 Å². The van der Waals surface area contributed by atoms with E-state index in [4.69, 9.17) is 10.5 Å². The van der Waals surface area contributed by atoms with Gasteiger partial charge in [-0.25, -0.2) is 4.79 Å². The standard InChI is InChI=1S/C17H14N2O2/c1-21-17(20)12-4-2-3-11(9-12)14-7-8-19-16-6-5-13(18)10-15(14)16/h2-10H,18H2,1H3. The first-order valence-electron chi connectivity index (χ1n) is 6.52. The number of hydrogen-bond donors (Lipinski definition) is 1. The fourth-order valence-corrected chi connectivity index (χ4v) is 2.35. The Hall–Kier alpha value is -2.88. The van der Waals surface area contributed by atoms with Crippen molar-refractivity contribution in [2.75, 3.05) is 12.8 Å². The molecule has 0 fully saturated rings. The summed E-state index contributed by atoms with van der Waals surface area (Å²) in [6.45, 7) is 0. The average Bonchev–Trinajstić information content (AvgIpc) is 2.53. The Bertz CT molecular complexity index is 828. The molecule has 0 bridgehead atoms. The molecule has 0 saturated heterocycles. The molecule has 0 aliphatic rings. The molecule has 1 heterocycles. The number of esters is 1. The fourth-order valence-electron chi connectivity index (χ4n) is 2.35. The summed E-state index contributed by atoms with van der Waals surface area (Å²) >= 11 is 0. The third-order valence-electron chi connectivity index (χ3n) is 3.36. The summed E-state index contributed by atoms with van der Waals surface area (Å²) in [6, 6.07) is 14.8. The molecule has 4 heteroatoms. The number of aromatic nitrogens is 1. The molecule has 2 N–H and O–H groups in total. The SMILES string of the molecule is COC(=O)c1cccc(-c2ccnc3ccc(N)cc23)c1. The Morgan fingerprint density at radius 1 is 1.14 bits per heavy atom. The monoisotopic (exact) mass is 278 g/mol. The van der Waals surface area contributed by atoms with Crippen molar-refractivity contribution >= 4 is 22.6 Å². The number of carbonyl (C=O) groups excluding carboxylic acids is 1. The lowest BCUT2D eigenvalue weighted by Crippen LogP contribution is -2.00. The van der Waals surface area contributed by atoms with Gasteiger partial charge in [0.05, 0.1) is 18.2 Å². The zero-order chi connectivity index (χ0) is 14.8. The topological polar surface area (TPSA) is 65.2 Å². The van der Waals surface area contributed by atoms with Crippen molar-refractivity contribution in [3.8, 4) is 11.1 Å². The number of hydrogen-bond acceptors (Lipinski definition) is 4. The van der Waals surface area contributed by atoms with Gasteiger partial charge in [0.25, 0.3) is 0 Å². The van der Waals surface area contributed by atoms with Crippen LogP contribution < -0.4 is 5.73 Å². The van der Waals surface area contributed by atoms with E-state index in [9.17, 15) is 4.79 Å². The van der Waals surface area contributed by atoms with Crippen LogP contribution in [0, 0.1) is 0 Å². The molecule has 2 aromatic carbocycles. The Morgan fingerprint density at radius 2 is 2.00 bits per heavy atom. The first-order chi connectivity index (χ1) is 10.2. The molecule has 0 amide bonds. The van der Waals surface area contributed by atoms with Crippen LogP contribution >= 0.6 is 0 Å². The number of benzene rings is 2. The van der Waals surface area contributed by atoms with Gasteiger partial charge in [-0.1, -0.05) is 12.1 Å². The summed E-state index contributed by atoms with van der Waals surface area (Å²) in [7, 11) is 1.37. The van der Waals surface area contributed by atoms with Gasteiger partial charge in [-0.15, -0.1) is 0 Å².